The minimum Gasteiger partial charge on any atom is -0.309 e. The fourth-order valence-electron chi connectivity index (χ4n) is 1.88. The lowest BCUT2D eigenvalue weighted by Gasteiger charge is -2.40. The molecule has 0 aromatic rings. The topological polar surface area (TPSA) is 46.2 Å². The van der Waals surface area contributed by atoms with Gasteiger partial charge in [-0.25, -0.2) is 8.42 Å². The van der Waals surface area contributed by atoms with Gasteiger partial charge in [0.25, 0.3) is 0 Å². The van der Waals surface area contributed by atoms with Crippen LogP contribution in [0.3, 0.4) is 0 Å². The molecule has 2 aliphatic rings. The molecule has 1 aliphatic carbocycles. The van der Waals surface area contributed by atoms with Crippen molar-refractivity contribution in [2.75, 3.05) is 11.5 Å². The van der Waals surface area contributed by atoms with E-state index in [1.54, 1.807) is 0 Å². The summed E-state index contributed by atoms with van der Waals surface area (Å²) in [6, 6.07) is 0.841. The molecular formula is C8H15NO2S. The SMILES string of the molecule is CC1CCC1NC1CS(=O)(=O)C1. The van der Waals surface area contributed by atoms with Crippen LogP contribution in [0.25, 0.3) is 0 Å². The van der Waals surface area contributed by atoms with Crippen molar-refractivity contribution in [2.45, 2.75) is 31.8 Å². The summed E-state index contributed by atoms with van der Waals surface area (Å²) in [4.78, 5) is 0. The predicted molar refractivity (Wildman–Crippen MR) is 47.8 cm³/mol. The van der Waals surface area contributed by atoms with Crippen LogP contribution in [0.15, 0.2) is 0 Å². The van der Waals surface area contributed by atoms with E-state index in [0.29, 0.717) is 17.5 Å². The van der Waals surface area contributed by atoms with E-state index in [-0.39, 0.29) is 6.04 Å². The van der Waals surface area contributed by atoms with Crippen LogP contribution in [-0.4, -0.2) is 32.0 Å². The maximum atomic E-state index is 10.8. The Morgan fingerprint density at radius 2 is 1.92 bits per heavy atom. The molecule has 1 saturated carbocycles. The molecular weight excluding hydrogens is 174 g/mol. The normalized spacial score (nSPS) is 40.1. The van der Waals surface area contributed by atoms with Gasteiger partial charge in [0.05, 0.1) is 11.5 Å². The van der Waals surface area contributed by atoms with Crippen molar-refractivity contribution in [1.29, 1.82) is 0 Å². The summed E-state index contributed by atoms with van der Waals surface area (Å²) in [5, 5.41) is 3.38. The maximum absolute atomic E-state index is 10.8. The highest BCUT2D eigenvalue weighted by Crippen LogP contribution is 2.28. The van der Waals surface area contributed by atoms with Gasteiger partial charge in [0, 0.05) is 12.1 Å². The second-order valence-electron chi connectivity index (χ2n) is 4.10. The van der Waals surface area contributed by atoms with Gasteiger partial charge in [-0.15, -0.1) is 0 Å². The van der Waals surface area contributed by atoms with Crippen molar-refractivity contribution >= 4 is 9.84 Å². The van der Waals surface area contributed by atoms with Crippen molar-refractivity contribution in [3.63, 3.8) is 0 Å². The lowest BCUT2D eigenvalue weighted by Crippen LogP contribution is -2.57. The third-order valence-corrected chi connectivity index (χ3v) is 4.80. The maximum Gasteiger partial charge on any atom is 0.153 e. The van der Waals surface area contributed by atoms with Crippen LogP contribution in [-0.2, 0) is 9.84 Å². The fourth-order valence-corrected chi connectivity index (χ4v) is 3.20. The van der Waals surface area contributed by atoms with E-state index in [0.717, 1.165) is 5.92 Å². The molecule has 4 heteroatoms. The Labute approximate surface area is 73.5 Å². The molecule has 0 aromatic carbocycles. The zero-order chi connectivity index (χ0) is 8.77. The van der Waals surface area contributed by atoms with E-state index < -0.39 is 9.84 Å². The predicted octanol–water partition coefficient (Wildman–Crippen LogP) is 0.172. The third-order valence-electron chi connectivity index (χ3n) is 2.98. The summed E-state index contributed by atoms with van der Waals surface area (Å²) >= 11 is 0. The van der Waals surface area contributed by atoms with Gasteiger partial charge in [0.2, 0.25) is 0 Å². The molecule has 2 fully saturated rings. The van der Waals surface area contributed by atoms with Gasteiger partial charge < -0.3 is 5.32 Å². The van der Waals surface area contributed by atoms with Crippen LogP contribution in [0.2, 0.25) is 0 Å². The van der Waals surface area contributed by atoms with E-state index in [9.17, 15) is 8.42 Å². The van der Waals surface area contributed by atoms with E-state index in [2.05, 4.69) is 12.2 Å². The zero-order valence-corrected chi connectivity index (χ0v) is 8.10. The Bertz CT molecular complexity index is 261. The van der Waals surface area contributed by atoms with Gasteiger partial charge in [-0.05, 0) is 18.8 Å². The Morgan fingerprint density at radius 3 is 2.25 bits per heavy atom. The molecule has 0 spiro atoms. The van der Waals surface area contributed by atoms with Crippen LogP contribution in [0.5, 0.6) is 0 Å². The molecule has 0 radical (unpaired) electrons. The highest BCUT2D eigenvalue weighted by atomic mass is 32.2. The molecule has 2 unspecified atom stereocenters. The van der Waals surface area contributed by atoms with E-state index in [1.165, 1.54) is 12.8 Å². The smallest absolute Gasteiger partial charge is 0.153 e. The number of hydrogen-bond acceptors (Lipinski definition) is 3. The molecule has 0 amide bonds. The first-order valence-corrected chi connectivity index (χ1v) is 6.35. The molecule has 1 saturated heterocycles. The van der Waals surface area contributed by atoms with Crippen molar-refractivity contribution in [2.24, 2.45) is 5.92 Å². The highest BCUT2D eigenvalue weighted by molar-refractivity contribution is 7.92. The van der Waals surface area contributed by atoms with Crippen LogP contribution >= 0.6 is 0 Å². The first-order valence-electron chi connectivity index (χ1n) is 4.53. The van der Waals surface area contributed by atoms with E-state index in [4.69, 9.17) is 0 Å². The lowest BCUT2D eigenvalue weighted by atomic mass is 9.81. The molecule has 70 valence electrons. The van der Waals surface area contributed by atoms with Crippen molar-refractivity contribution < 1.29 is 8.42 Å². The molecule has 0 aromatic heterocycles. The van der Waals surface area contributed by atoms with Gasteiger partial charge in [-0.3, -0.25) is 0 Å². The molecule has 2 rings (SSSR count). The van der Waals surface area contributed by atoms with Crippen LogP contribution < -0.4 is 5.32 Å². The molecule has 1 N–H and O–H groups in total. The average molecular weight is 189 g/mol. The Hall–Kier alpha value is -0.0900. The monoisotopic (exact) mass is 189 g/mol. The number of nitrogens with one attached hydrogen (secondary N) is 1. The van der Waals surface area contributed by atoms with Gasteiger partial charge in [-0.2, -0.15) is 0 Å². The lowest BCUT2D eigenvalue weighted by molar-refractivity contribution is 0.215. The van der Waals surface area contributed by atoms with Crippen molar-refractivity contribution in [1.82, 2.24) is 5.32 Å². The minimum atomic E-state index is -2.64. The quantitative estimate of drug-likeness (QED) is 0.673. The summed E-state index contributed by atoms with van der Waals surface area (Å²) in [6.07, 6.45) is 2.51. The van der Waals surface area contributed by atoms with E-state index in [1.807, 2.05) is 0 Å². The van der Waals surface area contributed by atoms with Gasteiger partial charge >= 0.3 is 0 Å². The summed E-state index contributed by atoms with van der Waals surface area (Å²) in [7, 11) is -2.64. The van der Waals surface area contributed by atoms with Crippen LogP contribution in [0, 0.1) is 5.92 Å². The Balaban J connectivity index is 1.76. The van der Waals surface area contributed by atoms with Crippen molar-refractivity contribution in [3.05, 3.63) is 0 Å². The summed E-state index contributed by atoms with van der Waals surface area (Å²) in [5.74, 6) is 1.46. The molecule has 1 heterocycles. The van der Waals surface area contributed by atoms with Crippen LogP contribution in [0.1, 0.15) is 19.8 Å². The zero-order valence-electron chi connectivity index (χ0n) is 7.29. The highest BCUT2D eigenvalue weighted by Gasteiger charge is 2.37. The minimum absolute atomic E-state index is 0.253. The van der Waals surface area contributed by atoms with Crippen molar-refractivity contribution in [3.8, 4) is 0 Å². The average Bonchev–Trinajstić information content (AvgIpc) is 1.93. The first kappa shape index (κ1) is 8.51. The van der Waals surface area contributed by atoms with E-state index >= 15 is 0 Å². The standard InChI is InChI=1S/C8H15NO2S/c1-6-2-3-8(6)9-7-4-12(10,11)5-7/h6-9H,2-5H2,1H3. The molecule has 1 aliphatic heterocycles. The van der Waals surface area contributed by atoms with Gasteiger partial charge in [0.15, 0.2) is 9.84 Å². The molecule has 3 nitrogen and oxygen atoms in total. The number of hydrogen-bond donors (Lipinski definition) is 1. The second kappa shape index (κ2) is 2.70. The number of rotatable bonds is 2. The first-order chi connectivity index (χ1) is 5.57. The van der Waals surface area contributed by atoms with Gasteiger partial charge in [0.1, 0.15) is 0 Å². The summed E-state index contributed by atoms with van der Waals surface area (Å²) < 4.78 is 21.7. The second-order valence-corrected chi connectivity index (χ2v) is 6.26. The number of sulfone groups is 1. The molecule has 0 bridgehead atoms. The third kappa shape index (κ3) is 1.50. The summed E-state index contributed by atoms with van der Waals surface area (Å²) in [6.45, 7) is 2.22. The molecule has 12 heavy (non-hydrogen) atoms. The largest absolute Gasteiger partial charge is 0.309 e. The van der Waals surface area contributed by atoms with Crippen LogP contribution in [0.4, 0.5) is 0 Å². The summed E-state index contributed by atoms with van der Waals surface area (Å²) in [5.41, 5.74) is 0. The molecule has 2 atom stereocenters. The Morgan fingerprint density at radius 1 is 1.25 bits per heavy atom. The van der Waals surface area contributed by atoms with Gasteiger partial charge in [-0.1, -0.05) is 6.92 Å². The Kier molecular flexibility index (Phi) is 1.92. The fraction of sp³-hybridized carbons (Fsp3) is 1.00.